The summed E-state index contributed by atoms with van der Waals surface area (Å²) in [4.78, 5) is 11.3. The van der Waals surface area contributed by atoms with Crippen molar-refractivity contribution < 1.29 is 4.39 Å². The van der Waals surface area contributed by atoms with Crippen LogP contribution in [0.5, 0.6) is 0 Å². The second-order valence-electron chi connectivity index (χ2n) is 5.12. The van der Waals surface area contributed by atoms with E-state index in [0.717, 1.165) is 40.7 Å². The number of aromatic nitrogens is 2. The first kappa shape index (κ1) is 15.6. The van der Waals surface area contributed by atoms with Crippen molar-refractivity contribution in [2.24, 2.45) is 0 Å². The quantitative estimate of drug-likeness (QED) is 0.670. The van der Waals surface area contributed by atoms with E-state index in [-0.39, 0.29) is 5.82 Å². The van der Waals surface area contributed by atoms with E-state index in [1.807, 2.05) is 17.6 Å². The van der Waals surface area contributed by atoms with Crippen molar-refractivity contribution in [1.29, 1.82) is 0 Å². The zero-order valence-electron chi connectivity index (χ0n) is 13.2. The van der Waals surface area contributed by atoms with Crippen LogP contribution in [0, 0.1) is 5.82 Å². The Kier molecular flexibility index (Phi) is 4.67. The molecule has 0 aliphatic rings. The maximum Gasteiger partial charge on any atom is 0.129 e. The van der Waals surface area contributed by atoms with Gasteiger partial charge in [-0.05, 0) is 50.2 Å². The first-order valence-electron chi connectivity index (χ1n) is 7.64. The first-order chi connectivity index (χ1) is 11.2. The van der Waals surface area contributed by atoms with Gasteiger partial charge in [-0.25, -0.2) is 14.4 Å². The Morgan fingerprint density at radius 3 is 2.48 bits per heavy atom. The van der Waals surface area contributed by atoms with Crippen LogP contribution in [0.4, 0.5) is 10.2 Å². The molecule has 3 aromatic rings. The highest BCUT2D eigenvalue weighted by atomic mass is 32.1. The van der Waals surface area contributed by atoms with Gasteiger partial charge in [-0.2, -0.15) is 0 Å². The van der Waals surface area contributed by atoms with Crippen LogP contribution in [0.25, 0.3) is 21.8 Å². The molecular formula is C18H18FN3S. The summed E-state index contributed by atoms with van der Waals surface area (Å²) in [7, 11) is 0. The molecule has 0 aliphatic heterocycles. The Hall–Kier alpha value is -2.27. The van der Waals surface area contributed by atoms with E-state index >= 15 is 0 Å². The van der Waals surface area contributed by atoms with E-state index in [4.69, 9.17) is 0 Å². The van der Waals surface area contributed by atoms with Crippen molar-refractivity contribution in [2.45, 2.75) is 13.8 Å². The van der Waals surface area contributed by atoms with Gasteiger partial charge in [0.05, 0.1) is 5.69 Å². The summed E-state index contributed by atoms with van der Waals surface area (Å²) in [6, 6.07) is 10.5. The summed E-state index contributed by atoms with van der Waals surface area (Å²) in [5.74, 6) is 0.730. The fraction of sp³-hybridized carbons (Fsp3) is 0.222. The van der Waals surface area contributed by atoms with E-state index in [9.17, 15) is 4.39 Å². The third-order valence-corrected chi connectivity index (χ3v) is 4.62. The van der Waals surface area contributed by atoms with Gasteiger partial charge >= 0.3 is 0 Å². The predicted octanol–water partition coefficient (Wildman–Crippen LogP) is 4.86. The molecule has 118 valence electrons. The molecule has 2 heterocycles. The first-order valence-corrected chi connectivity index (χ1v) is 8.52. The average Bonchev–Trinajstić information content (AvgIpc) is 3.07. The lowest BCUT2D eigenvalue weighted by molar-refractivity contribution is 0.628. The van der Waals surface area contributed by atoms with E-state index in [2.05, 4.69) is 34.8 Å². The molecule has 2 aromatic heterocycles. The standard InChI is InChI=1S/C18H18FN3S/c1-3-22(4-2)17-11-14(9-10-20-17)18-21-16(12-23-18)13-5-7-15(19)8-6-13/h5-12H,3-4H2,1-2H3. The topological polar surface area (TPSA) is 29.0 Å². The summed E-state index contributed by atoms with van der Waals surface area (Å²) in [5.41, 5.74) is 2.85. The molecule has 0 saturated carbocycles. The molecule has 1 aromatic carbocycles. The maximum absolute atomic E-state index is 13.0. The van der Waals surface area contributed by atoms with Crippen LogP contribution in [-0.4, -0.2) is 23.1 Å². The molecule has 0 fully saturated rings. The summed E-state index contributed by atoms with van der Waals surface area (Å²) in [5, 5.41) is 2.94. The van der Waals surface area contributed by atoms with Gasteiger partial charge in [-0.3, -0.25) is 0 Å². The molecule has 0 amide bonds. The fourth-order valence-electron chi connectivity index (χ4n) is 2.43. The zero-order chi connectivity index (χ0) is 16.2. The van der Waals surface area contributed by atoms with Gasteiger partial charge < -0.3 is 4.90 Å². The van der Waals surface area contributed by atoms with Gasteiger partial charge in [0.2, 0.25) is 0 Å². The predicted molar refractivity (Wildman–Crippen MR) is 94.3 cm³/mol. The van der Waals surface area contributed by atoms with Crippen LogP contribution in [0.1, 0.15) is 13.8 Å². The summed E-state index contributed by atoms with van der Waals surface area (Å²) >= 11 is 1.59. The number of hydrogen-bond acceptors (Lipinski definition) is 4. The van der Waals surface area contributed by atoms with Crippen LogP contribution in [0.3, 0.4) is 0 Å². The maximum atomic E-state index is 13.0. The minimum Gasteiger partial charge on any atom is -0.357 e. The van der Waals surface area contributed by atoms with E-state index < -0.39 is 0 Å². The number of halogens is 1. The summed E-state index contributed by atoms with van der Waals surface area (Å²) < 4.78 is 13.0. The Balaban J connectivity index is 1.91. The number of anilines is 1. The van der Waals surface area contributed by atoms with Crippen LogP contribution in [0.15, 0.2) is 48.0 Å². The van der Waals surface area contributed by atoms with Gasteiger partial charge in [-0.1, -0.05) is 0 Å². The van der Waals surface area contributed by atoms with Gasteiger partial charge in [-0.15, -0.1) is 11.3 Å². The molecule has 0 aliphatic carbocycles. The van der Waals surface area contributed by atoms with E-state index in [1.165, 1.54) is 12.1 Å². The van der Waals surface area contributed by atoms with Crippen molar-refractivity contribution in [3.8, 4) is 21.8 Å². The van der Waals surface area contributed by atoms with Crippen LogP contribution in [-0.2, 0) is 0 Å². The SMILES string of the molecule is CCN(CC)c1cc(-c2nc(-c3ccc(F)cc3)cs2)ccn1. The molecule has 0 atom stereocenters. The van der Waals surface area contributed by atoms with Crippen LogP contribution < -0.4 is 4.90 Å². The number of rotatable bonds is 5. The Labute approximate surface area is 139 Å². The minimum atomic E-state index is -0.234. The van der Waals surface area contributed by atoms with Crippen molar-refractivity contribution in [3.05, 3.63) is 53.8 Å². The molecule has 3 rings (SSSR count). The molecule has 0 N–H and O–H groups in total. The van der Waals surface area contributed by atoms with Gasteiger partial charge in [0, 0.05) is 35.8 Å². The van der Waals surface area contributed by atoms with E-state index in [0.29, 0.717) is 0 Å². The molecule has 0 saturated heterocycles. The Bertz CT molecular complexity index is 779. The fourth-order valence-corrected chi connectivity index (χ4v) is 3.26. The number of thiazole rings is 1. The van der Waals surface area contributed by atoms with Crippen LogP contribution in [0.2, 0.25) is 0 Å². The largest absolute Gasteiger partial charge is 0.357 e. The monoisotopic (exact) mass is 327 g/mol. The molecule has 0 spiro atoms. The lowest BCUT2D eigenvalue weighted by Crippen LogP contribution is -2.22. The number of nitrogens with zero attached hydrogens (tertiary/aromatic N) is 3. The zero-order valence-corrected chi connectivity index (χ0v) is 14.0. The second kappa shape index (κ2) is 6.87. The smallest absolute Gasteiger partial charge is 0.129 e. The van der Waals surface area contributed by atoms with Gasteiger partial charge in [0.1, 0.15) is 16.6 Å². The summed E-state index contributed by atoms with van der Waals surface area (Å²) in [6.45, 7) is 6.08. The number of pyridine rings is 1. The lowest BCUT2D eigenvalue weighted by atomic mass is 10.2. The van der Waals surface area contributed by atoms with Crippen molar-refractivity contribution in [1.82, 2.24) is 9.97 Å². The van der Waals surface area contributed by atoms with Crippen molar-refractivity contribution in [3.63, 3.8) is 0 Å². The minimum absolute atomic E-state index is 0.234. The normalized spacial score (nSPS) is 10.7. The average molecular weight is 327 g/mol. The highest BCUT2D eigenvalue weighted by Crippen LogP contribution is 2.30. The highest BCUT2D eigenvalue weighted by Gasteiger charge is 2.10. The number of benzene rings is 1. The van der Waals surface area contributed by atoms with Gasteiger partial charge in [0.15, 0.2) is 0 Å². The van der Waals surface area contributed by atoms with Crippen LogP contribution >= 0.6 is 11.3 Å². The van der Waals surface area contributed by atoms with Crippen molar-refractivity contribution in [2.75, 3.05) is 18.0 Å². The highest BCUT2D eigenvalue weighted by molar-refractivity contribution is 7.13. The van der Waals surface area contributed by atoms with Gasteiger partial charge in [0.25, 0.3) is 0 Å². The Morgan fingerprint density at radius 2 is 1.78 bits per heavy atom. The molecule has 3 nitrogen and oxygen atoms in total. The summed E-state index contributed by atoms with van der Waals surface area (Å²) in [6.07, 6.45) is 1.82. The third kappa shape index (κ3) is 3.40. The molecular weight excluding hydrogens is 309 g/mol. The molecule has 0 unspecified atom stereocenters. The van der Waals surface area contributed by atoms with E-state index in [1.54, 1.807) is 23.5 Å². The Morgan fingerprint density at radius 1 is 1.04 bits per heavy atom. The lowest BCUT2D eigenvalue weighted by Gasteiger charge is -2.19. The molecule has 0 radical (unpaired) electrons. The molecule has 23 heavy (non-hydrogen) atoms. The van der Waals surface area contributed by atoms with Crippen molar-refractivity contribution >= 4 is 17.2 Å². The second-order valence-corrected chi connectivity index (χ2v) is 5.98. The third-order valence-electron chi connectivity index (χ3n) is 3.72. The molecule has 5 heteroatoms. The molecule has 0 bridgehead atoms. The number of hydrogen-bond donors (Lipinski definition) is 0.